The third-order valence-electron chi connectivity index (χ3n) is 2.41. The van der Waals surface area contributed by atoms with Crippen molar-refractivity contribution >= 4 is 5.57 Å². The zero-order chi connectivity index (χ0) is 9.10. The summed E-state index contributed by atoms with van der Waals surface area (Å²) in [6, 6.07) is 4.14. The van der Waals surface area contributed by atoms with E-state index in [0.29, 0.717) is 0 Å². The van der Waals surface area contributed by atoms with Gasteiger partial charge in [-0.1, -0.05) is 17.7 Å². The van der Waals surface area contributed by atoms with E-state index in [-0.39, 0.29) is 0 Å². The van der Waals surface area contributed by atoms with Gasteiger partial charge in [0.05, 0.1) is 0 Å². The van der Waals surface area contributed by atoms with Crippen molar-refractivity contribution in [2.24, 2.45) is 0 Å². The molecule has 1 heterocycles. The number of nitrogens with zero attached hydrogens (tertiary/aromatic N) is 1. The van der Waals surface area contributed by atoms with Gasteiger partial charge in [0, 0.05) is 12.4 Å². The second kappa shape index (κ2) is 3.56. The van der Waals surface area contributed by atoms with Crippen LogP contribution < -0.4 is 0 Å². The molecule has 0 unspecified atom stereocenters. The van der Waals surface area contributed by atoms with Crippen molar-refractivity contribution in [3.05, 3.63) is 47.8 Å². The van der Waals surface area contributed by atoms with E-state index in [2.05, 4.69) is 36.2 Å². The largest absolute Gasteiger partial charge is 0.265 e. The first-order chi connectivity index (χ1) is 6.36. The van der Waals surface area contributed by atoms with Gasteiger partial charge in [-0.3, -0.25) is 4.98 Å². The molecule has 1 aliphatic rings. The Hall–Kier alpha value is -1.37. The van der Waals surface area contributed by atoms with Gasteiger partial charge in [-0.25, -0.2) is 0 Å². The minimum absolute atomic E-state index is 1.16. The minimum atomic E-state index is 1.16. The predicted octanol–water partition coefficient (Wildman–Crippen LogP) is 3.21. The summed E-state index contributed by atoms with van der Waals surface area (Å²) in [6.07, 6.45) is 10.5. The van der Waals surface area contributed by atoms with Crippen molar-refractivity contribution in [2.45, 2.75) is 19.8 Å². The zero-order valence-corrected chi connectivity index (χ0v) is 7.83. The van der Waals surface area contributed by atoms with Gasteiger partial charge in [0.2, 0.25) is 0 Å². The van der Waals surface area contributed by atoms with Gasteiger partial charge in [0.1, 0.15) is 0 Å². The summed E-state index contributed by atoms with van der Waals surface area (Å²) in [4.78, 5) is 4.01. The van der Waals surface area contributed by atoms with Crippen molar-refractivity contribution in [2.75, 3.05) is 0 Å². The Kier molecular flexibility index (Phi) is 2.26. The first-order valence-corrected chi connectivity index (χ1v) is 4.63. The molecule has 1 nitrogen and oxygen atoms in total. The van der Waals surface area contributed by atoms with E-state index in [1.807, 2.05) is 12.4 Å². The van der Waals surface area contributed by atoms with Crippen molar-refractivity contribution in [1.29, 1.82) is 0 Å². The first kappa shape index (κ1) is 8.24. The molecule has 0 saturated heterocycles. The van der Waals surface area contributed by atoms with Crippen molar-refractivity contribution in [3.8, 4) is 0 Å². The van der Waals surface area contributed by atoms with Crippen LogP contribution in [0.15, 0.2) is 42.3 Å². The second-order valence-corrected chi connectivity index (χ2v) is 3.44. The van der Waals surface area contributed by atoms with E-state index in [1.165, 1.54) is 23.1 Å². The number of hydrogen-bond acceptors (Lipinski definition) is 1. The molecule has 0 spiro atoms. The van der Waals surface area contributed by atoms with E-state index in [4.69, 9.17) is 0 Å². The molecular weight excluding hydrogens is 158 g/mol. The van der Waals surface area contributed by atoms with E-state index in [0.717, 1.165) is 6.42 Å². The highest BCUT2D eigenvalue weighted by atomic mass is 14.6. The Morgan fingerprint density at radius 3 is 2.46 bits per heavy atom. The van der Waals surface area contributed by atoms with Gasteiger partial charge in [-0.15, -0.1) is 0 Å². The molecule has 66 valence electrons. The molecule has 0 radical (unpaired) electrons. The molecule has 0 fully saturated rings. The molecule has 0 N–H and O–H groups in total. The average molecular weight is 171 g/mol. The number of pyridine rings is 1. The van der Waals surface area contributed by atoms with Crippen LogP contribution in [0.3, 0.4) is 0 Å². The summed E-state index contributed by atoms with van der Waals surface area (Å²) in [5.41, 5.74) is 4.20. The average Bonchev–Trinajstić information content (AvgIpc) is 2.20. The summed E-state index contributed by atoms with van der Waals surface area (Å²) in [5.74, 6) is 0. The molecule has 2 rings (SSSR count). The molecule has 1 aromatic heterocycles. The monoisotopic (exact) mass is 171 g/mol. The van der Waals surface area contributed by atoms with Crippen molar-refractivity contribution in [3.63, 3.8) is 0 Å². The molecule has 13 heavy (non-hydrogen) atoms. The maximum atomic E-state index is 4.01. The predicted molar refractivity (Wildman–Crippen MR) is 55.2 cm³/mol. The third-order valence-corrected chi connectivity index (χ3v) is 2.41. The minimum Gasteiger partial charge on any atom is -0.265 e. The topological polar surface area (TPSA) is 12.9 Å². The molecule has 0 amide bonds. The van der Waals surface area contributed by atoms with Crippen molar-refractivity contribution in [1.82, 2.24) is 4.98 Å². The summed E-state index contributed by atoms with van der Waals surface area (Å²) in [7, 11) is 0. The van der Waals surface area contributed by atoms with Gasteiger partial charge >= 0.3 is 0 Å². The van der Waals surface area contributed by atoms with E-state index < -0.39 is 0 Å². The quantitative estimate of drug-likeness (QED) is 0.632. The third kappa shape index (κ3) is 1.86. The van der Waals surface area contributed by atoms with Gasteiger partial charge in [0.15, 0.2) is 0 Å². The SMILES string of the molecule is CC1=CC=C(c2ccncc2)CC1. The lowest BCUT2D eigenvalue weighted by Crippen LogP contribution is -1.90. The molecule has 0 bridgehead atoms. The Balaban J connectivity index is 2.29. The summed E-state index contributed by atoms with van der Waals surface area (Å²) in [5, 5.41) is 0. The maximum absolute atomic E-state index is 4.01. The summed E-state index contributed by atoms with van der Waals surface area (Å²) < 4.78 is 0. The van der Waals surface area contributed by atoms with E-state index in [1.54, 1.807) is 0 Å². The van der Waals surface area contributed by atoms with Crippen LogP contribution in [-0.2, 0) is 0 Å². The Morgan fingerprint density at radius 1 is 1.08 bits per heavy atom. The maximum Gasteiger partial charge on any atom is 0.0273 e. The fourth-order valence-corrected chi connectivity index (χ4v) is 1.55. The molecule has 0 aliphatic heterocycles. The Bertz CT molecular complexity index is 347. The fraction of sp³-hybridized carbons (Fsp3) is 0.250. The highest BCUT2D eigenvalue weighted by molar-refractivity contribution is 5.68. The van der Waals surface area contributed by atoms with Crippen LogP contribution in [0.1, 0.15) is 25.3 Å². The van der Waals surface area contributed by atoms with Crippen LogP contribution in [-0.4, -0.2) is 4.98 Å². The lowest BCUT2D eigenvalue weighted by Gasteiger charge is -2.11. The normalized spacial score (nSPS) is 16.4. The molecule has 0 saturated carbocycles. The smallest absolute Gasteiger partial charge is 0.0273 e. The van der Waals surface area contributed by atoms with Gasteiger partial charge in [-0.2, -0.15) is 0 Å². The molecule has 1 heteroatoms. The van der Waals surface area contributed by atoms with Gasteiger partial charge in [0.25, 0.3) is 0 Å². The zero-order valence-electron chi connectivity index (χ0n) is 7.83. The lowest BCUT2D eigenvalue weighted by atomic mass is 9.95. The van der Waals surface area contributed by atoms with Crippen LogP contribution in [0.4, 0.5) is 0 Å². The second-order valence-electron chi connectivity index (χ2n) is 3.44. The van der Waals surface area contributed by atoms with Crippen LogP contribution in [0.5, 0.6) is 0 Å². The molecule has 1 aliphatic carbocycles. The Labute approximate surface area is 78.8 Å². The summed E-state index contributed by atoms with van der Waals surface area (Å²) >= 11 is 0. The molecule has 0 atom stereocenters. The summed E-state index contributed by atoms with van der Waals surface area (Å²) in [6.45, 7) is 2.18. The van der Waals surface area contributed by atoms with Crippen LogP contribution in [0.2, 0.25) is 0 Å². The number of allylic oxidation sites excluding steroid dienone is 4. The van der Waals surface area contributed by atoms with E-state index >= 15 is 0 Å². The number of hydrogen-bond donors (Lipinski definition) is 0. The molecule has 1 aromatic rings. The van der Waals surface area contributed by atoms with E-state index in [9.17, 15) is 0 Å². The highest BCUT2D eigenvalue weighted by Crippen LogP contribution is 2.25. The lowest BCUT2D eigenvalue weighted by molar-refractivity contribution is 0.976. The molecular formula is C12H13N. The fourth-order valence-electron chi connectivity index (χ4n) is 1.55. The first-order valence-electron chi connectivity index (χ1n) is 4.63. The van der Waals surface area contributed by atoms with Gasteiger partial charge in [-0.05, 0) is 43.0 Å². The standard InChI is InChI=1S/C12H13N/c1-10-2-4-11(5-3-10)12-6-8-13-9-7-12/h2,4,6-9H,3,5H2,1H3. The highest BCUT2D eigenvalue weighted by Gasteiger charge is 2.04. The number of rotatable bonds is 1. The Morgan fingerprint density at radius 2 is 1.85 bits per heavy atom. The molecule has 0 aromatic carbocycles. The van der Waals surface area contributed by atoms with Gasteiger partial charge < -0.3 is 0 Å². The number of aromatic nitrogens is 1. The van der Waals surface area contributed by atoms with Crippen LogP contribution in [0.25, 0.3) is 5.57 Å². The van der Waals surface area contributed by atoms with Crippen LogP contribution >= 0.6 is 0 Å². The van der Waals surface area contributed by atoms with Crippen LogP contribution in [0, 0.1) is 0 Å². The van der Waals surface area contributed by atoms with Crippen molar-refractivity contribution < 1.29 is 0 Å².